The maximum Gasteiger partial charge on any atom is 0.245 e. The van der Waals surface area contributed by atoms with Crippen LogP contribution in [0.5, 0.6) is 0 Å². The molecule has 8 heteroatoms. The highest BCUT2D eigenvalue weighted by molar-refractivity contribution is 7.89. The number of aromatic nitrogens is 2. The van der Waals surface area contributed by atoms with Crippen LogP contribution in [-0.2, 0) is 14.8 Å². The van der Waals surface area contributed by atoms with Gasteiger partial charge in [-0.3, -0.25) is 0 Å². The molecule has 102 valence electrons. The predicted molar refractivity (Wildman–Crippen MR) is 71.6 cm³/mol. The molecule has 1 fully saturated rings. The Morgan fingerprint density at radius 1 is 1.42 bits per heavy atom. The van der Waals surface area contributed by atoms with E-state index < -0.39 is 10.0 Å². The maximum atomic E-state index is 12.6. The Hall–Kier alpha value is -1.09. The fourth-order valence-corrected chi connectivity index (χ4v) is 4.48. The lowest BCUT2D eigenvalue weighted by atomic mass is 10.3. The Kier molecular flexibility index (Phi) is 3.25. The van der Waals surface area contributed by atoms with Crippen LogP contribution in [0.1, 0.15) is 6.42 Å². The summed E-state index contributed by atoms with van der Waals surface area (Å²) < 4.78 is 40.1. The summed E-state index contributed by atoms with van der Waals surface area (Å²) in [5.74, 6) is 0. The van der Waals surface area contributed by atoms with Crippen molar-refractivity contribution in [3.05, 3.63) is 18.2 Å². The smallest absolute Gasteiger partial charge is 0.245 e. The molecular formula is C11H13N3O3S2. The van der Waals surface area contributed by atoms with Crippen LogP contribution in [0.25, 0.3) is 11.0 Å². The van der Waals surface area contributed by atoms with Gasteiger partial charge in [-0.1, -0.05) is 6.07 Å². The van der Waals surface area contributed by atoms with E-state index in [1.165, 1.54) is 4.31 Å². The molecule has 1 aromatic carbocycles. The number of sulfonamides is 1. The van der Waals surface area contributed by atoms with Gasteiger partial charge < -0.3 is 4.74 Å². The van der Waals surface area contributed by atoms with Crippen molar-refractivity contribution >= 4 is 32.8 Å². The Bertz CT molecular complexity index is 698. The molecule has 1 aliphatic heterocycles. The molecule has 0 spiro atoms. The molecule has 0 radical (unpaired) electrons. The first kappa shape index (κ1) is 12.9. The van der Waals surface area contributed by atoms with Gasteiger partial charge in [0, 0.05) is 20.2 Å². The van der Waals surface area contributed by atoms with Crippen LogP contribution in [-0.4, -0.2) is 47.8 Å². The Morgan fingerprint density at radius 2 is 2.26 bits per heavy atom. The van der Waals surface area contributed by atoms with Gasteiger partial charge in [0.15, 0.2) is 0 Å². The second-order valence-corrected chi connectivity index (χ2v) is 6.83. The van der Waals surface area contributed by atoms with Gasteiger partial charge >= 0.3 is 0 Å². The van der Waals surface area contributed by atoms with Crippen LogP contribution in [0.3, 0.4) is 0 Å². The van der Waals surface area contributed by atoms with Crippen LogP contribution in [0.15, 0.2) is 23.1 Å². The van der Waals surface area contributed by atoms with Crippen molar-refractivity contribution in [2.75, 3.05) is 20.2 Å². The van der Waals surface area contributed by atoms with Crippen molar-refractivity contribution in [2.45, 2.75) is 17.4 Å². The zero-order chi connectivity index (χ0) is 13.5. The second kappa shape index (κ2) is 4.78. The summed E-state index contributed by atoms with van der Waals surface area (Å²) in [5, 5.41) is 0. The average Bonchev–Trinajstić information content (AvgIpc) is 3.06. The van der Waals surface area contributed by atoms with E-state index in [1.54, 1.807) is 25.3 Å². The highest BCUT2D eigenvalue weighted by Crippen LogP contribution is 2.27. The molecule has 1 atom stereocenters. The molecule has 1 aliphatic rings. The van der Waals surface area contributed by atoms with Gasteiger partial charge in [-0.15, -0.1) is 0 Å². The van der Waals surface area contributed by atoms with E-state index in [-0.39, 0.29) is 11.0 Å². The number of benzene rings is 1. The van der Waals surface area contributed by atoms with Crippen molar-refractivity contribution in [3.8, 4) is 0 Å². The van der Waals surface area contributed by atoms with Crippen molar-refractivity contribution < 1.29 is 13.2 Å². The third kappa shape index (κ3) is 2.14. The number of hydrogen-bond acceptors (Lipinski definition) is 6. The molecule has 2 aromatic rings. The minimum Gasteiger partial charge on any atom is -0.380 e. The molecule has 2 heterocycles. The Balaban J connectivity index is 2.03. The molecule has 1 saturated heterocycles. The highest BCUT2D eigenvalue weighted by atomic mass is 32.2. The standard InChI is InChI=1S/C11H13N3O3S2/c1-17-8-5-6-14(7-8)19(15,16)10-4-2-3-9-11(10)13-18-12-9/h2-4,8H,5-7H2,1H3. The molecule has 0 saturated carbocycles. The lowest BCUT2D eigenvalue weighted by Crippen LogP contribution is -2.30. The van der Waals surface area contributed by atoms with Gasteiger partial charge in [0.25, 0.3) is 0 Å². The average molecular weight is 299 g/mol. The van der Waals surface area contributed by atoms with Gasteiger partial charge in [0.05, 0.1) is 17.8 Å². The zero-order valence-corrected chi connectivity index (χ0v) is 11.9. The van der Waals surface area contributed by atoms with Crippen molar-refractivity contribution in [1.82, 2.24) is 13.1 Å². The number of hydrogen-bond donors (Lipinski definition) is 0. The fourth-order valence-electron chi connectivity index (χ4n) is 2.24. The van der Waals surface area contributed by atoms with E-state index in [1.807, 2.05) is 0 Å². The molecule has 0 amide bonds. The van der Waals surface area contributed by atoms with Crippen LogP contribution in [0.2, 0.25) is 0 Å². The van der Waals surface area contributed by atoms with E-state index in [0.717, 1.165) is 18.1 Å². The second-order valence-electron chi connectivity index (χ2n) is 4.40. The molecule has 1 unspecified atom stereocenters. The molecule has 0 bridgehead atoms. The van der Waals surface area contributed by atoms with E-state index in [4.69, 9.17) is 4.74 Å². The molecule has 3 rings (SSSR count). The van der Waals surface area contributed by atoms with Gasteiger partial charge in [-0.05, 0) is 18.6 Å². The SMILES string of the molecule is COC1CCN(S(=O)(=O)c2cccc3nsnc23)C1. The number of methoxy groups -OCH3 is 1. The maximum absolute atomic E-state index is 12.6. The summed E-state index contributed by atoms with van der Waals surface area (Å²) >= 11 is 1.02. The third-order valence-electron chi connectivity index (χ3n) is 3.31. The summed E-state index contributed by atoms with van der Waals surface area (Å²) in [4.78, 5) is 0.232. The topological polar surface area (TPSA) is 72.4 Å². The van der Waals surface area contributed by atoms with E-state index >= 15 is 0 Å². The monoisotopic (exact) mass is 299 g/mol. The third-order valence-corrected chi connectivity index (χ3v) is 5.75. The first-order chi connectivity index (χ1) is 9.13. The minimum absolute atomic E-state index is 0.0254. The first-order valence-corrected chi connectivity index (χ1v) is 8.04. The Labute approximate surface area is 115 Å². The zero-order valence-electron chi connectivity index (χ0n) is 10.3. The number of rotatable bonds is 3. The Morgan fingerprint density at radius 3 is 3.00 bits per heavy atom. The molecule has 6 nitrogen and oxygen atoms in total. The number of nitrogens with zero attached hydrogens (tertiary/aromatic N) is 3. The quantitative estimate of drug-likeness (QED) is 0.848. The number of fused-ring (bicyclic) bond motifs is 1. The highest BCUT2D eigenvalue weighted by Gasteiger charge is 2.34. The lowest BCUT2D eigenvalue weighted by Gasteiger charge is -2.16. The number of ether oxygens (including phenoxy) is 1. The summed E-state index contributed by atoms with van der Waals surface area (Å²) in [5.41, 5.74) is 1.07. The van der Waals surface area contributed by atoms with Gasteiger partial charge in [-0.2, -0.15) is 13.1 Å². The minimum atomic E-state index is -3.52. The van der Waals surface area contributed by atoms with E-state index in [0.29, 0.717) is 24.1 Å². The fraction of sp³-hybridized carbons (Fsp3) is 0.455. The molecule has 0 N–H and O–H groups in total. The van der Waals surface area contributed by atoms with Crippen LogP contribution in [0.4, 0.5) is 0 Å². The first-order valence-electron chi connectivity index (χ1n) is 5.87. The molecular weight excluding hydrogens is 286 g/mol. The van der Waals surface area contributed by atoms with Crippen LogP contribution < -0.4 is 0 Å². The van der Waals surface area contributed by atoms with E-state index in [2.05, 4.69) is 8.75 Å². The summed E-state index contributed by atoms with van der Waals surface area (Å²) in [6.07, 6.45) is 0.698. The van der Waals surface area contributed by atoms with Crippen molar-refractivity contribution in [1.29, 1.82) is 0 Å². The normalized spacial score (nSPS) is 21.2. The van der Waals surface area contributed by atoms with Crippen molar-refractivity contribution in [3.63, 3.8) is 0 Å². The van der Waals surface area contributed by atoms with E-state index in [9.17, 15) is 8.42 Å². The van der Waals surface area contributed by atoms with Crippen LogP contribution >= 0.6 is 11.7 Å². The van der Waals surface area contributed by atoms with Crippen LogP contribution in [0, 0.1) is 0 Å². The molecule has 1 aromatic heterocycles. The largest absolute Gasteiger partial charge is 0.380 e. The summed E-state index contributed by atoms with van der Waals surface area (Å²) in [6.45, 7) is 0.877. The lowest BCUT2D eigenvalue weighted by molar-refractivity contribution is 0.115. The summed E-state index contributed by atoms with van der Waals surface area (Å²) in [7, 11) is -1.92. The summed E-state index contributed by atoms with van der Waals surface area (Å²) in [6, 6.07) is 5.04. The van der Waals surface area contributed by atoms with Gasteiger partial charge in [0.1, 0.15) is 15.9 Å². The van der Waals surface area contributed by atoms with Crippen molar-refractivity contribution in [2.24, 2.45) is 0 Å². The molecule has 0 aliphatic carbocycles. The molecule has 19 heavy (non-hydrogen) atoms. The van der Waals surface area contributed by atoms with Gasteiger partial charge in [0.2, 0.25) is 10.0 Å². The van der Waals surface area contributed by atoms with Gasteiger partial charge in [-0.25, -0.2) is 8.42 Å². The predicted octanol–water partition coefficient (Wildman–Crippen LogP) is 1.10.